The SMILES string of the molecule is CC(C)n1nc(N2CCCCC2CNc2nncc3ccccc23)ccc1=O. The van der Waals surface area contributed by atoms with Gasteiger partial charge in [0.05, 0.1) is 12.2 Å². The minimum Gasteiger partial charge on any atom is -0.366 e. The lowest BCUT2D eigenvalue weighted by molar-refractivity contribution is 0.451. The predicted molar refractivity (Wildman–Crippen MR) is 112 cm³/mol. The Hall–Kier alpha value is -2.96. The van der Waals surface area contributed by atoms with Crippen LogP contribution in [0.5, 0.6) is 0 Å². The molecule has 0 aliphatic carbocycles. The third kappa shape index (κ3) is 3.69. The molecule has 1 unspecified atom stereocenters. The van der Waals surface area contributed by atoms with Gasteiger partial charge in [0.25, 0.3) is 5.56 Å². The van der Waals surface area contributed by atoms with Crippen molar-refractivity contribution in [2.75, 3.05) is 23.3 Å². The fourth-order valence-corrected chi connectivity index (χ4v) is 3.83. The number of aromatic nitrogens is 4. The molecule has 2 aromatic heterocycles. The van der Waals surface area contributed by atoms with Crippen molar-refractivity contribution in [3.8, 4) is 0 Å². The second-order valence-electron chi connectivity index (χ2n) is 7.57. The van der Waals surface area contributed by atoms with Crippen LogP contribution in [-0.2, 0) is 0 Å². The van der Waals surface area contributed by atoms with Gasteiger partial charge in [-0.2, -0.15) is 10.2 Å². The molecule has 1 aliphatic heterocycles. The van der Waals surface area contributed by atoms with Gasteiger partial charge in [-0.05, 0) is 39.2 Å². The van der Waals surface area contributed by atoms with Crippen LogP contribution in [0.25, 0.3) is 10.8 Å². The van der Waals surface area contributed by atoms with Crippen LogP contribution in [0, 0.1) is 0 Å². The van der Waals surface area contributed by atoms with E-state index in [0.717, 1.165) is 48.3 Å². The average Bonchev–Trinajstić information content (AvgIpc) is 2.72. The lowest BCUT2D eigenvalue weighted by Crippen LogP contribution is -2.45. The van der Waals surface area contributed by atoms with Gasteiger partial charge < -0.3 is 10.2 Å². The molecule has 1 fully saturated rings. The highest BCUT2D eigenvalue weighted by molar-refractivity contribution is 5.90. The van der Waals surface area contributed by atoms with Crippen molar-refractivity contribution in [2.45, 2.75) is 45.2 Å². The molecule has 3 aromatic rings. The van der Waals surface area contributed by atoms with Crippen LogP contribution < -0.4 is 15.8 Å². The first-order chi connectivity index (χ1) is 13.6. The average molecular weight is 378 g/mol. The van der Waals surface area contributed by atoms with Crippen molar-refractivity contribution in [3.05, 3.63) is 52.9 Å². The molecule has 146 valence electrons. The molecule has 1 aliphatic rings. The molecule has 7 heteroatoms. The Morgan fingerprint density at radius 1 is 1.18 bits per heavy atom. The van der Waals surface area contributed by atoms with Crippen molar-refractivity contribution < 1.29 is 0 Å². The number of rotatable bonds is 5. The van der Waals surface area contributed by atoms with Crippen LogP contribution in [-0.4, -0.2) is 39.1 Å². The van der Waals surface area contributed by atoms with Gasteiger partial charge in [0.2, 0.25) is 0 Å². The first-order valence-corrected chi connectivity index (χ1v) is 9.94. The second kappa shape index (κ2) is 7.96. The molecular formula is C21H26N6O. The summed E-state index contributed by atoms with van der Waals surface area (Å²) < 4.78 is 1.56. The molecule has 0 saturated carbocycles. The summed E-state index contributed by atoms with van der Waals surface area (Å²) in [6.07, 6.45) is 5.18. The topological polar surface area (TPSA) is 75.9 Å². The fraction of sp³-hybridized carbons (Fsp3) is 0.429. The van der Waals surface area contributed by atoms with Crippen LogP contribution in [0.15, 0.2) is 47.4 Å². The Morgan fingerprint density at radius 3 is 2.89 bits per heavy atom. The molecule has 1 atom stereocenters. The lowest BCUT2D eigenvalue weighted by atomic mass is 10.0. The highest BCUT2D eigenvalue weighted by atomic mass is 16.1. The standard InChI is InChI=1S/C21H26N6O/c1-15(2)27-20(28)11-10-19(25-27)26-12-6-5-8-17(26)14-22-21-18-9-4-3-7-16(18)13-23-24-21/h3-4,7,9-11,13,15,17H,5-6,8,12,14H2,1-2H3,(H,22,24). The molecule has 1 saturated heterocycles. The zero-order valence-corrected chi connectivity index (χ0v) is 16.4. The summed E-state index contributed by atoms with van der Waals surface area (Å²) in [5.74, 6) is 1.67. The normalized spacial score (nSPS) is 17.2. The minimum absolute atomic E-state index is 0.0415. The van der Waals surface area contributed by atoms with Gasteiger partial charge >= 0.3 is 0 Å². The van der Waals surface area contributed by atoms with Gasteiger partial charge in [0, 0.05) is 36.0 Å². The van der Waals surface area contributed by atoms with E-state index in [4.69, 9.17) is 0 Å². The van der Waals surface area contributed by atoms with Crippen molar-refractivity contribution in [2.24, 2.45) is 0 Å². The predicted octanol–water partition coefficient (Wildman–Crippen LogP) is 3.24. The summed E-state index contributed by atoms with van der Waals surface area (Å²) >= 11 is 0. The molecule has 3 heterocycles. The van der Waals surface area contributed by atoms with E-state index in [9.17, 15) is 4.79 Å². The smallest absolute Gasteiger partial charge is 0.267 e. The summed E-state index contributed by atoms with van der Waals surface area (Å²) in [7, 11) is 0. The Morgan fingerprint density at radius 2 is 2.04 bits per heavy atom. The van der Waals surface area contributed by atoms with Gasteiger partial charge in [-0.1, -0.05) is 24.3 Å². The number of hydrogen-bond donors (Lipinski definition) is 1. The van der Waals surface area contributed by atoms with E-state index in [1.807, 2.05) is 38.1 Å². The fourth-order valence-electron chi connectivity index (χ4n) is 3.83. The van der Waals surface area contributed by atoms with E-state index >= 15 is 0 Å². The van der Waals surface area contributed by atoms with E-state index in [1.165, 1.54) is 6.42 Å². The summed E-state index contributed by atoms with van der Waals surface area (Å²) in [4.78, 5) is 14.4. The van der Waals surface area contributed by atoms with Crippen LogP contribution in [0.3, 0.4) is 0 Å². The summed E-state index contributed by atoms with van der Waals surface area (Å²) in [6.45, 7) is 5.65. The molecule has 4 rings (SSSR count). The zero-order valence-electron chi connectivity index (χ0n) is 16.4. The van der Waals surface area contributed by atoms with E-state index < -0.39 is 0 Å². The quantitative estimate of drug-likeness (QED) is 0.735. The van der Waals surface area contributed by atoms with Crippen molar-refractivity contribution >= 4 is 22.4 Å². The van der Waals surface area contributed by atoms with Crippen LogP contribution in [0.4, 0.5) is 11.6 Å². The lowest BCUT2D eigenvalue weighted by Gasteiger charge is -2.37. The third-order valence-corrected chi connectivity index (χ3v) is 5.30. The summed E-state index contributed by atoms with van der Waals surface area (Å²) in [5, 5.41) is 18.7. The highest BCUT2D eigenvalue weighted by Crippen LogP contribution is 2.24. The number of hydrogen-bond acceptors (Lipinski definition) is 6. The third-order valence-electron chi connectivity index (χ3n) is 5.30. The number of nitrogens with zero attached hydrogens (tertiary/aromatic N) is 5. The van der Waals surface area contributed by atoms with Gasteiger partial charge in [-0.15, -0.1) is 5.10 Å². The van der Waals surface area contributed by atoms with Gasteiger partial charge in [-0.3, -0.25) is 4.79 Å². The Labute approximate surface area is 164 Å². The molecule has 7 nitrogen and oxygen atoms in total. The molecule has 0 spiro atoms. The van der Waals surface area contributed by atoms with Crippen molar-refractivity contribution in [3.63, 3.8) is 0 Å². The maximum absolute atomic E-state index is 12.1. The molecular weight excluding hydrogens is 352 g/mol. The van der Waals surface area contributed by atoms with Crippen molar-refractivity contribution in [1.29, 1.82) is 0 Å². The molecule has 0 radical (unpaired) electrons. The Kier molecular flexibility index (Phi) is 5.23. The molecule has 0 amide bonds. The van der Waals surface area contributed by atoms with Gasteiger partial charge in [-0.25, -0.2) is 4.68 Å². The van der Waals surface area contributed by atoms with Gasteiger partial charge in [0.1, 0.15) is 5.82 Å². The number of nitrogens with one attached hydrogen (secondary N) is 1. The number of fused-ring (bicyclic) bond motifs is 1. The number of benzene rings is 1. The summed E-state index contributed by atoms with van der Waals surface area (Å²) in [6, 6.07) is 11.9. The molecule has 1 aromatic carbocycles. The molecule has 0 bridgehead atoms. The maximum Gasteiger partial charge on any atom is 0.267 e. The van der Waals surface area contributed by atoms with E-state index in [-0.39, 0.29) is 11.6 Å². The molecule has 1 N–H and O–H groups in total. The summed E-state index contributed by atoms with van der Waals surface area (Å²) in [5.41, 5.74) is -0.0588. The highest BCUT2D eigenvalue weighted by Gasteiger charge is 2.24. The van der Waals surface area contributed by atoms with Crippen LogP contribution in [0.2, 0.25) is 0 Å². The first-order valence-electron chi connectivity index (χ1n) is 9.94. The van der Waals surface area contributed by atoms with Crippen molar-refractivity contribution in [1.82, 2.24) is 20.0 Å². The Balaban J connectivity index is 1.56. The maximum atomic E-state index is 12.1. The van der Waals surface area contributed by atoms with Gasteiger partial charge in [0.15, 0.2) is 5.82 Å². The number of anilines is 2. The largest absolute Gasteiger partial charge is 0.366 e. The first kappa shape index (κ1) is 18.4. The van der Waals surface area contributed by atoms with E-state index in [1.54, 1.807) is 16.9 Å². The van der Waals surface area contributed by atoms with Crippen LogP contribution >= 0.6 is 0 Å². The minimum atomic E-state index is -0.0588. The monoisotopic (exact) mass is 378 g/mol. The van der Waals surface area contributed by atoms with E-state index in [2.05, 4.69) is 31.6 Å². The number of piperidine rings is 1. The van der Waals surface area contributed by atoms with Crippen LogP contribution in [0.1, 0.15) is 39.2 Å². The molecule has 28 heavy (non-hydrogen) atoms. The van der Waals surface area contributed by atoms with E-state index in [0.29, 0.717) is 6.04 Å². The second-order valence-corrected chi connectivity index (χ2v) is 7.57. The zero-order chi connectivity index (χ0) is 19.5. The Bertz CT molecular complexity index is 1010.